The van der Waals surface area contributed by atoms with Crippen molar-refractivity contribution < 1.29 is 24.5 Å². The van der Waals surface area contributed by atoms with Crippen LogP contribution >= 0.6 is 0 Å². The van der Waals surface area contributed by atoms with E-state index in [0.29, 0.717) is 18.5 Å². The van der Waals surface area contributed by atoms with E-state index in [1.54, 1.807) is 6.07 Å². The predicted octanol–water partition coefficient (Wildman–Crippen LogP) is 2.43. The zero-order valence-corrected chi connectivity index (χ0v) is 15.3. The number of aromatic amines is 1. The Hall–Kier alpha value is -3.03. The molecule has 2 aromatic carbocycles. The van der Waals surface area contributed by atoms with E-state index < -0.39 is 6.10 Å². The average Bonchev–Trinajstić information content (AvgIpc) is 3.35. The molecular weight excluding hydrogens is 360 g/mol. The van der Waals surface area contributed by atoms with Crippen LogP contribution in [0.2, 0.25) is 0 Å². The van der Waals surface area contributed by atoms with Crippen LogP contribution in [0.1, 0.15) is 23.3 Å². The molecular formula is C21H22N2O5. The Labute approximate surface area is 161 Å². The number of hydrogen-bond donors (Lipinski definition) is 4. The second kappa shape index (κ2) is 7.92. The van der Waals surface area contributed by atoms with E-state index in [-0.39, 0.29) is 25.9 Å². The molecule has 2 heterocycles. The standard InChI is InChI=1S/C21H22N2O5/c24-7-1-2-16(25)11-22-21(26)18-9-15-4-3-13(8-17(15)23-18)14-5-6-19-20(10-14)28-12-27-19/h3-6,8-10,16,23-25H,1-2,7,11-12H2,(H,22,26). The molecule has 0 saturated carbocycles. The lowest BCUT2D eigenvalue weighted by Gasteiger charge is -2.10. The molecule has 1 atom stereocenters. The third-order valence-corrected chi connectivity index (χ3v) is 4.77. The third kappa shape index (κ3) is 3.81. The van der Waals surface area contributed by atoms with Gasteiger partial charge in [0.2, 0.25) is 6.79 Å². The van der Waals surface area contributed by atoms with Crippen molar-refractivity contribution in [2.45, 2.75) is 18.9 Å². The molecule has 0 spiro atoms. The van der Waals surface area contributed by atoms with Gasteiger partial charge in [0.05, 0.1) is 6.10 Å². The lowest BCUT2D eigenvalue weighted by Crippen LogP contribution is -2.32. The summed E-state index contributed by atoms with van der Waals surface area (Å²) in [5.41, 5.74) is 3.28. The Morgan fingerprint density at radius 3 is 2.75 bits per heavy atom. The van der Waals surface area contributed by atoms with Crippen molar-refractivity contribution in [1.29, 1.82) is 0 Å². The first-order valence-electron chi connectivity index (χ1n) is 9.24. The Bertz CT molecular complexity index is 998. The number of rotatable bonds is 7. The first-order chi connectivity index (χ1) is 13.6. The van der Waals surface area contributed by atoms with Crippen molar-refractivity contribution in [2.24, 2.45) is 0 Å². The van der Waals surface area contributed by atoms with Gasteiger partial charge < -0.3 is 30.0 Å². The van der Waals surface area contributed by atoms with Gasteiger partial charge in [-0.3, -0.25) is 4.79 Å². The molecule has 1 aromatic heterocycles. The molecule has 0 fully saturated rings. The summed E-state index contributed by atoms with van der Waals surface area (Å²) in [6, 6.07) is 13.5. The van der Waals surface area contributed by atoms with Gasteiger partial charge in [-0.05, 0) is 48.2 Å². The highest BCUT2D eigenvalue weighted by molar-refractivity contribution is 5.98. The van der Waals surface area contributed by atoms with Crippen LogP contribution in [0.15, 0.2) is 42.5 Å². The van der Waals surface area contributed by atoms with E-state index in [1.165, 1.54) is 0 Å². The van der Waals surface area contributed by atoms with Crippen LogP contribution in [0.5, 0.6) is 11.5 Å². The molecule has 7 nitrogen and oxygen atoms in total. The number of benzene rings is 2. The van der Waals surface area contributed by atoms with E-state index >= 15 is 0 Å². The van der Waals surface area contributed by atoms with Gasteiger partial charge in [0.25, 0.3) is 5.91 Å². The van der Waals surface area contributed by atoms with E-state index in [9.17, 15) is 9.90 Å². The number of aliphatic hydroxyl groups is 2. The smallest absolute Gasteiger partial charge is 0.267 e. The van der Waals surface area contributed by atoms with Crippen LogP contribution in [0, 0.1) is 0 Å². The van der Waals surface area contributed by atoms with Gasteiger partial charge in [-0.1, -0.05) is 18.2 Å². The van der Waals surface area contributed by atoms with Crippen LogP contribution in [-0.4, -0.2) is 47.2 Å². The minimum Gasteiger partial charge on any atom is -0.454 e. The number of carbonyl (C=O) groups is 1. The number of carbonyl (C=O) groups excluding carboxylic acids is 1. The van der Waals surface area contributed by atoms with Gasteiger partial charge in [-0.25, -0.2) is 0 Å². The highest BCUT2D eigenvalue weighted by Gasteiger charge is 2.15. The summed E-state index contributed by atoms with van der Waals surface area (Å²) in [6.07, 6.45) is 0.284. The summed E-state index contributed by atoms with van der Waals surface area (Å²) in [4.78, 5) is 15.5. The summed E-state index contributed by atoms with van der Waals surface area (Å²) >= 11 is 0. The number of nitrogens with one attached hydrogen (secondary N) is 2. The van der Waals surface area contributed by atoms with Crippen molar-refractivity contribution in [3.8, 4) is 22.6 Å². The normalized spacial score (nSPS) is 13.6. The minimum atomic E-state index is -0.668. The van der Waals surface area contributed by atoms with E-state index in [0.717, 1.165) is 33.5 Å². The van der Waals surface area contributed by atoms with Crippen molar-refractivity contribution in [1.82, 2.24) is 10.3 Å². The fourth-order valence-electron chi connectivity index (χ4n) is 3.24. The van der Waals surface area contributed by atoms with Crippen LogP contribution < -0.4 is 14.8 Å². The molecule has 4 N–H and O–H groups in total. The van der Waals surface area contributed by atoms with Crippen LogP contribution in [0.4, 0.5) is 0 Å². The zero-order valence-electron chi connectivity index (χ0n) is 15.3. The van der Waals surface area contributed by atoms with Gasteiger partial charge in [0.15, 0.2) is 11.5 Å². The quantitative estimate of drug-likeness (QED) is 0.502. The van der Waals surface area contributed by atoms with E-state index in [2.05, 4.69) is 10.3 Å². The van der Waals surface area contributed by atoms with E-state index in [1.807, 2.05) is 36.4 Å². The maximum Gasteiger partial charge on any atom is 0.267 e. The molecule has 0 aliphatic carbocycles. The molecule has 1 aliphatic rings. The van der Waals surface area contributed by atoms with Crippen molar-refractivity contribution in [3.63, 3.8) is 0 Å². The fraction of sp³-hybridized carbons (Fsp3) is 0.286. The van der Waals surface area contributed by atoms with Gasteiger partial charge in [-0.2, -0.15) is 0 Å². The molecule has 1 aliphatic heterocycles. The molecule has 0 bridgehead atoms. The molecule has 1 amide bonds. The molecule has 0 radical (unpaired) electrons. The summed E-state index contributed by atoms with van der Waals surface area (Å²) < 4.78 is 10.8. The molecule has 3 aromatic rings. The molecule has 0 saturated heterocycles. The highest BCUT2D eigenvalue weighted by Crippen LogP contribution is 2.36. The molecule has 4 rings (SSSR count). The van der Waals surface area contributed by atoms with Gasteiger partial charge in [0, 0.05) is 24.1 Å². The molecule has 7 heteroatoms. The molecule has 146 valence electrons. The fourth-order valence-corrected chi connectivity index (χ4v) is 3.24. The van der Waals surface area contributed by atoms with Crippen LogP contribution in [0.3, 0.4) is 0 Å². The number of ether oxygens (including phenoxy) is 2. The maximum atomic E-state index is 12.3. The number of H-pyrrole nitrogens is 1. The lowest BCUT2D eigenvalue weighted by molar-refractivity contribution is 0.0900. The molecule has 1 unspecified atom stereocenters. The summed E-state index contributed by atoms with van der Waals surface area (Å²) in [5.74, 6) is 1.19. The summed E-state index contributed by atoms with van der Waals surface area (Å²) in [7, 11) is 0. The summed E-state index contributed by atoms with van der Waals surface area (Å²) in [6.45, 7) is 0.414. The Kier molecular flexibility index (Phi) is 5.18. The van der Waals surface area contributed by atoms with Gasteiger partial charge in [-0.15, -0.1) is 0 Å². The SMILES string of the molecule is O=C(NCC(O)CCCO)c1cc2ccc(-c3ccc4c(c3)OCO4)cc2[nH]1. The monoisotopic (exact) mass is 382 g/mol. The van der Waals surface area contributed by atoms with Crippen molar-refractivity contribution in [3.05, 3.63) is 48.2 Å². The predicted molar refractivity (Wildman–Crippen MR) is 105 cm³/mol. The maximum absolute atomic E-state index is 12.3. The zero-order chi connectivity index (χ0) is 19.5. The Morgan fingerprint density at radius 1 is 1.11 bits per heavy atom. The first-order valence-corrected chi connectivity index (χ1v) is 9.24. The van der Waals surface area contributed by atoms with Gasteiger partial charge >= 0.3 is 0 Å². The third-order valence-electron chi connectivity index (χ3n) is 4.77. The van der Waals surface area contributed by atoms with Crippen molar-refractivity contribution >= 4 is 16.8 Å². The van der Waals surface area contributed by atoms with Crippen molar-refractivity contribution in [2.75, 3.05) is 19.9 Å². The summed E-state index contributed by atoms with van der Waals surface area (Å²) in [5, 5.41) is 22.2. The largest absolute Gasteiger partial charge is 0.454 e. The highest BCUT2D eigenvalue weighted by atomic mass is 16.7. The number of amides is 1. The topological polar surface area (TPSA) is 104 Å². The lowest BCUT2D eigenvalue weighted by atomic mass is 10.0. The molecule has 28 heavy (non-hydrogen) atoms. The average molecular weight is 382 g/mol. The first kappa shape index (κ1) is 18.3. The second-order valence-electron chi connectivity index (χ2n) is 6.78. The van der Waals surface area contributed by atoms with Crippen LogP contribution in [0.25, 0.3) is 22.0 Å². The van der Waals surface area contributed by atoms with Crippen LogP contribution in [-0.2, 0) is 0 Å². The Balaban J connectivity index is 1.49. The van der Waals surface area contributed by atoms with Gasteiger partial charge in [0.1, 0.15) is 5.69 Å². The van der Waals surface area contributed by atoms with E-state index in [4.69, 9.17) is 14.6 Å². The second-order valence-corrected chi connectivity index (χ2v) is 6.78. The minimum absolute atomic E-state index is 0.0265. The number of aromatic nitrogens is 1. The Morgan fingerprint density at radius 2 is 1.89 bits per heavy atom. The number of fused-ring (bicyclic) bond motifs is 2. The number of hydrogen-bond acceptors (Lipinski definition) is 5. The number of aliphatic hydroxyl groups excluding tert-OH is 2.